The molecule has 1 aliphatic rings. The molecule has 8 nitrogen and oxygen atoms in total. The van der Waals surface area contributed by atoms with Crippen LogP contribution in [-0.4, -0.2) is 61.5 Å². The summed E-state index contributed by atoms with van der Waals surface area (Å²) in [7, 11) is -3.70. The van der Waals surface area contributed by atoms with Gasteiger partial charge in [-0.3, -0.25) is 19.3 Å². The van der Waals surface area contributed by atoms with Crippen molar-refractivity contribution in [2.24, 2.45) is 0 Å². The number of rotatable bonds is 9. The minimum atomic E-state index is -3.70. The number of imide groups is 1. The standard InChI is InChI=1S/C35H31N3O5S/c1-3-36(4-2)44(42,43)27-20-18-26(19-21-27)33(39)37(31-17-9-11-24-10-5-6-14-28(24)31)22-23-38-34(40)29-15-7-12-25-13-8-16-30(32(25)29)35(38)41/h5-21H,3-4,22-23H2,1-2H3. The van der Waals surface area contributed by atoms with Crippen LogP contribution in [0.4, 0.5) is 5.69 Å². The van der Waals surface area contributed by atoms with Gasteiger partial charge in [-0.1, -0.05) is 74.5 Å². The Morgan fingerprint density at radius 1 is 0.705 bits per heavy atom. The van der Waals surface area contributed by atoms with Gasteiger partial charge in [-0.25, -0.2) is 8.42 Å². The Hall–Kier alpha value is -4.86. The summed E-state index contributed by atoms with van der Waals surface area (Å²) < 4.78 is 27.4. The van der Waals surface area contributed by atoms with Gasteiger partial charge in [-0.2, -0.15) is 4.31 Å². The summed E-state index contributed by atoms with van der Waals surface area (Å²) in [6, 6.07) is 30.0. The zero-order chi connectivity index (χ0) is 31.0. The van der Waals surface area contributed by atoms with E-state index in [0.29, 0.717) is 35.3 Å². The third kappa shape index (κ3) is 4.94. The van der Waals surface area contributed by atoms with E-state index >= 15 is 0 Å². The molecule has 0 N–H and O–H groups in total. The van der Waals surface area contributed by atoms with Crippen LogP contribution in [0.3, 0.4) is 0 Å². The first-order chi connectivity index (χ1) is 21.3. The zero-order valence-electron chi connectivity index (χ0n) is 24.4. The molecule has 6 rings (SSSR count). The van der Waals surface area contributed by atoms with E-state index in [9.17, 15) is 22.8 Å². The summed E-state index contributed by atoms with van der Waals surface area (Å²) in [6.07, 6.45) is 0. The second-order valence-electron chi connectivity index (χ2n) is 10.5. The summed E-state index contributed by atoms with van der Waals surface area (Å²) in [6.45, 7) is 4.21. The Bertz CT molecular complexity index is 1980. The van der Waals surface area contributed by atoms with Crippen molar-refractivity contribution in [2.45, 2.75) is 18.7 Å². The molecule has 3 amide bonds. The average molecular weight is 606 g/mol. The molecule has 0 saturated carbocycles. The molecular weight excluding hydrogens is 574 g/mol. The number of sulfonamides is 1. The van der Waals surface area contributed by atoms with Crippen molar-refractivity contribution >= 4 is 55.0 Å². The molecule has 5 aromatic rings. The minimum Gasteiger partial charge on any atom is -0.306 e. The smallest absolute Gasteiger partial charge is 0.261 e. The Kier molecular flexibility index (Phi) is 7.75. The molecule has 222 valence electrons. The van der Waals surface area contributed by atoms with Crippen molar-refractivity contribution in [3.8, 4) is 0 Å². The van der Waals surface area contributed by atoms with Gasteiger partial charge in [-0.05, 0) is 53.2 Å². The molecule has 5 aromatic carbocycles. The van der Waals surface area contributed by atoms with Crippen LogP contribution in [0.1, 0.15) is 44.9 Å². The van der Waals surface area contributed by atoms with Crippen LogP contribution in [0.5, 0.6) is 0 Å². The number of hydrogen-bond acceptors (Lipinski definition) is 5. The van der Waals surface area contributed by atoms with Gasteiger partial charge in [0.1, 0.15) is 0 Å². The van der Waals surface area contributed by atoms with Gasteiger partial charge in [0.2, 0.25) is 10.0 Å². The third-order valence-corrected chi connectivity index (χ3v) is 10.2. The summed E-state index contributed by atoms with van der Waals surface area (Å²) in [5.41, 5.74) is 1.80. The predicted molar refractivity (Wildman–Crippen MR) is 171 cm³/mol. The maximum Gasteiger partial charge on any atom is 0.261 e. The molecule has 0 fully saturated rings. The first-order valence-electron chi connectivity index (χ1n) is 14.5. The molecule has 0 radical (unpaired) electrons. The molecule has 0 saturated heterocycles. The number of hydrogen-bond donors (Lipinski definition) is 0. The number of carbonyl (C=O) groups excluding carboxylic acids is 3. The first-order valence-corrected chi connectivity index (χ1v) is 16.0. The highest BCUT2D eigenvalue weighted by molar-refractivity contribution is 7.89. The van der Waals surface area contributed by atoms with E-state index in [4.69, 9.17) is 0 Å². The third-order valence-electron chi connectivity index (χ3n) is 8.15. The molecule has 1 aliphatic heterocycles. The van der Waals surface area contributed by atoms with Crippen molar-refractivity contribution in [1.29, 1.82) is 0 Å². The van der Waals surface area contributed by atoms with Crippen molar-refractivity contribution in [3.63, 3.8) is 0 Å². The summed E-state index contributed by atoms with van der Waals surface area (Å²) in [5.74, 6) is -1.20. The molecular formula is C35H31N3O5S. The van der Waals surface area contributed by atoms with Crippen LogP contribution in [0, 0.1) is 0 Å². The second kappa shape index (κ2) is 11.7. The van der Waals surface area contributed by atoms with E-state index < -0.39 is 21.8 Å². The quantitative estimate of drug-likeness (QED) is 0.193. The van der Waals surface area contributed by atoms with E-state index in [-0.39, 0.29) is 29.5 Å². The van der Waals surface area contributed by atoms with Gasteiger partial charge in [0, 0.05) is 53.6 Å². The Morgan fingerprint density at radius 3 is 1.91 bits per heavy atom. The normalized spacial score (nSPS) is 13.2. The summed E-state index contributed by atoms with van der Waals surface area (Å²) >= 11 is 0. The molecule has 0 unspecified atom stereocenters. The Balaban J connectivity index is 1.36. The van der Waals surface area contributed by atoms with Gasteiger partial charge >= 0.3 is 0 Å². The van der Waals surface area contributed by atoms with Gasteiger partial charge in [0.05, 0.1) is 10.6 Å². The number of anilines is 1. The number of carbonyl (C=O) groups is 3. The highest BCUT2D eigenvalue weighted by Gasteiger charge is 2.33. The van der Waals surface area contributed by atoms with Crippen molar-refractivity contribution in [1.82, 2.24) is 9.21 Å². The average Bonchev–Trinajstić information content (AvgIpc) is 3.05. The Morgan fingerprint density at radius 2 is 1.27 bits per heavy atom. The van der Waals surface area contributed by atoms with Crippen LogP contribution < -0.4 is 4.90 Å². The Labute approximate surface area is 256 Å². The maximum atomic E-state index is 14.2. The number of fused-ring (bicyclic) bond motifs is 1. The lowest BCUT2D eigenvalue weighted by molar-refractivity contribution is 0.0611. The van der Waals surface area contributed by atoms with Crippen LogP contribution >= 0.6 is 0 Å². The summed E-state index contributed by atoms with van der Waals surface area (Å²) in [4.78, 5) is 44.2. The fourth-order valence-electron chi connectivity index (χ4n) is 5.90. The largest absolute Gasteiger partial charge is 0.306 e. The van der Waals surface area contributed by atoms with E-state index in [2.05, 4.69) is 0 Å². The van der Waals surface area contributed by atoms with Crippen LogP contribution in [0.25, 0.3) is 21.5 Å². The highest BCUT2D eigenvalue weighted by atomic mass is 32.2. The van der Waals surface area contributed by atoms with E-state index in [1.165, 1.54) is 33.5 Å². The van der Waals surface area contributed by atoms with Crippen LogP contribution in [-0.2, 0) is 10.0 Å². The van der Waals surface area contributed by atoms with Gasteiger partial charge in [0.15, 0.2) is 0 Å². The van der Waals surface area contributed by atoms with E-state index in [0.717, 1.165) is 16.2 Å². The molecule has 0 aliphatic carbocycles. The first kappa shape index (κ1) is 29.2. The van der Waals surface area contributed by atoms with Crippen LogP contribution in [0.15, 0.2) is 108 Å². The lowest BCUT2D eigenvalue weighted by atomic mass is 9.94. The van der Waals surface area contributed by atoms with Crippen LogP contribution in [0.2, 0.25) is 0 Å². The van der Waals surface area contributed by atoms with E-state index in [1.54, 1.807) is 43.0 Å². The lowest BCUT2D eigenvalue weighted by Crippen LogP contribution is -2.46. The SMILES string of the molecule is CCN(CC)S(=O)(=O)c1ccc(C(=O)N(CCN2C(=O)c3cccc4cccc(c34)C2=O)c2cccc3ccccc23)cc1. The maximum absolute atomic E-state index is 14.2. The fraction of sp³-hybridized carbons (Fsp3) is 0.171. The molecule has 0 atom stereocenters. The minimum absolute atomic E-state index is 0.0297. The van der Waals surface area contributed by atoms with Gasteiger partial charge in [-0.15, -0.1) is 0 Å². The molecule has 0 bridgehead atoms. The number of amides is 3. The molecule has 1 heterocycles. The van der Waals surface area contributed by atoms with Crippen molar-refractivity contribution < 1.29 is 22.8 Å². The fourth-order valence-corrected chi connectivity index (χ4v) is 7.35. The lowest BCUT2D eigenvalue weighted by Gasteiger charge is -2.30. The monoisotopic (exact) mass is 605 g/mol. The zero-order valence-corrected chi connectivity index (χ0v) is 25.3. The molecule has 44 heavy (non-hydrogen) atoms. The van der Waals surface area contributed by atoms with Crippen molar-refractivity contribution in [2.75, 3.05) is 31.1 Å². The topological polar surface area (TPSA) is 95.1 Å². The van der Waals surface area contributed by atoms with Gasteiger partial charge < -0.3 is 4.90 Å². The number of benzene rings is 5. The second-order valence-corrected chi connectivity index (χ2v) is 12.5. The van der Waals surface area contributed by atoms with Gasteiger partial charge in [0.25, 0.3) is 17.7 Å². The predicted octanol–water partition coefficient (Wildman–Crippen LogP) is 5.97. The van der Waals surface area contributed by atoms with E-state index in [1.807, 2.05) is 54.6 Å². The molecule has 9 heteroatoms. The summed E-state index contributed by atoms with van der Waals surface area (Å²) in [5, 5.41) is 3.22. The highest BCUT2D eigenvalue weighted by Crippen LogP contribution is 2.32. The van der Waals surface area contributed by atoms with Crippen molar-refractivity contribution in [3.05, 3.63) is 120 Å². The molecule has 0 spiro atoms. The molecule has 0 aromatic heterocycles. The number of nitrogens with zero attached hydrogens (tertiary/aromatic N) is 3.